The smallest absolute Gasteiger partial charge is 0.119 e. The first-order valence-corrected chi connectivity index (χ1v) is 5.18. The van der Waals surface area contributed by atoms with Crippen LogP contribution in [0.5, 0.6) is 5.75 Å². The van der Waals surface area contributed by atoms with Gasteiger partial charge in [-0.05, 0) is 24.3 Å². The Kier molecular flexibility index (Phi) is 4.52. The summed E-state index contributed by atoms with van der Waals surface area (Å²) in [6, 6.07) is 7.28. The van der Waals surface area contributed by atoms with Crippen LogP contribution in [0.1, 0.15) is 12.5 Å². The molecule has 0 aromatic heterocycles. The zero-order valence-corrected chi connectivity index (χ0v) is 9.46. The normalized spacial score (nSPS) is 12.1. The zero-order chi connectivity index (χ0) is 11.3. The second kappa shape index (κ2) is 5.68. The lowest BCUT2D eigenvalue weighted by atomic mass is 10.2. The Hall–Kier alpha value is -1.13. The molecule has 15 heavy (non-hydrogen) atoms. The number of ether oxygens (including phenoxy) is 1. The highest BCUT2D eigenvalue weighted by molar-refractivity contribution is 7.80. The van der Waals surface area contributed by atoms with Crippen molar-refractivity contribution in [2.45, 2.75) is 6.92 Å². The van der Waals surface area contributed by atoms with E-state index in [4.69, 9.17) is 27.8 Å². The molecule has 0 saturated heterocycles. The maximum atomic E-state index is 8.82. The van der Waals surface area contributed by atoms with Crippen molar-refractivity contribution in [2.75, 3.05) is 13.2 Å². The first-order chi connectivity index (χ1) is 7.13. The van der Waals surface area contributed by atoms with E-state index in [1.165, 1.54) is 0 Å². The molecular weight excluding hydrogens is 210 g/mol. The maximum Gasteiger partial charge on any atom is 0.119 e. The van der Waals surface area contributed by atoms with Gasteiger partial charge in [0.15, 0.2) is 0 Å². The van der Waals surface area contributed by atoms with Crippen molar-refractivity contribution in [1.82, 2.24) is 0 Å². The summed E-state index contributed by atoms with van der Waals surface area (Å²) < 4.78 is 5.45. The molecule has 1 atom stereocenters. The SMILES string of the molecule is CC(CO)COc1ccc(C(N)=S)cc1. The molecule has 3 N–H and O–H groups in total. The lowest BCUT2D eigenvalue weighted by Crippen LogP contribution is -2.12. The van der Waals surface area contributed by atoms with E-state index in [9.17, 15) is 0 Å². The lowest BCUT2D eigenvalue weighted by molar-refractivity contribution is 0.174. The maximum absolute atomic E-state index is 8.82. The van der Waals surface area contributed by atoms with Gasteiger partial charge in [0.05, 0.1) is 6.61 Å². The van der Waals surface area contributed by atoms with Crippen molar-refractivity contribution < 1.29 is 9.84 Å². The Bertz CT molecular complexity index is 324. The molecule has 0 fully saturated rings. The summed E-state index contributed by atoms with van der Waals surface area (Å²) in [5.74, 6) is 0.899. The summed E-state index contributed by atoms with van der Waals surface area (Å²) in [5.41, 5.74) is 6.29. The van der Waals surface area contributed by atoms with Crippen LogP contribution < -0.4 is 10.5 Å². The molecule has 0 amide bonds. The van der Waals surface area contributed by atoms with Crippen LogP contribution in [0.3, 0.4) is 0 Å². The third-order valence-electron chi connectivity index (χ3n) is 1.99. The van der Waals surface area contributed by atoms with E-state index in [1.54, 1.807) is 0 Å². The van der Waals surface area contributed by atoms with Crippen molar-refractivity contribution in [1.29, 1.82) is 0 Å². The highest BCUT2D eigenvalue weighted by Gasteiger charge is 2.01. The third-order valence-corrected chi connectivity index (χ3v) is 2.22. The summed E-state index contributed by atoms with van der Waals surface area (Å²) in [7, 11) is 0. The van der Waals surface area contributed by atoms with Crippen molar-refractivity contribution in [3.63, 3.8) is 0 Å². The standard InChI is InChI=1S/C11H15NO2S/c1-8(6-13)7-14-10-4-2-9(3-5-10)11(12)15/h2-5,8,13H,6-7H2,1H3,(H2,12,15). The molecule has 3 nitrogen and oxygen atoms in total. The second-order valence-corrected chi connectivity index (χ2v) is 3.93. The quantitative estimate of drug-likeness (QED) is 0.742. The summed E-state index contributed by atoms with van der Waals surface area (Å²) in [6.07, 6.45) is 0. The average molecular weight is 225 g/mol. The van der Waals surface area contributed by atoms with E-state index in [0.717, 1.165) is 11.3 Å². The minimum atomic E-state index is 0.130. The Morgan fingerprint density at radius 1 is 1.47 bits per heavy atom. The minimum Gasteiger partial charge on any atom is -0.493 e. The number of rotatable bonds is 5. The van der Waals surface area contributed by atoms with Crippen LogP contribution in [-0.2, 0) is 0 Å². The zero-order valence-electron chi connectivity index (χ0n) is 8.64. The van der Waals surface area contributed by atoms with Gasteiger partial charge in [-0.2, -0.15) is 0 Å². The van der Waals surface area contributed by atoms with E-state index < -0.39 is 0 Å². The highest BCUT2D eigenvalue weighted by Crippen LogP contribution is 2.13. The van der Waals surface area contributed by atoms with Crippen molar-refractivity contribution in [3.8, 4) is 5.75 Å². The first-order valence-electron chi connectivity index (χ1n) is 4.77. The van der Waals surface area contributed by atoms with Crippen LogP contribution >= 0.6 is 12.2 Å². The molecule has 0 aliphatic carbocycles. The topological polar surface area (TPSA) is 55.5 Å². The molecule has 4 heteroatoms. The van der Waals surface area contributed by atoms with Gasteiger partial charge in [-0.1, -0.05) is 19.1 Å². The molecule has 1 unspecified atom stereocenters. The van der Waals surface area contributed by atoms with E-state index in [2.05, 4.69) is 0 Å². The summed E-state index contributed by atoms with van der Waals surface area (Å²) in [6.45, 7) is 2.55. The van der Waals surface area contributed by atoms with Crippen molar-refractivity contribution >= 4 is 17.2 Å². The van der Waals surface area contributed by atoms with Crippen LogP contribution in [0.4, 0.5) is 0 Å². The van der Waals surface area contributed by atoms with Gasteiger partial charge in [0, 0.05) is 18.1 Å². The Morgan fingerprint density at radius 2 is 2.07 bits per heavy atom. The summed E-state index contributed by atoms with van der Waals surface area (Å²) in [5, 5.41) is 8.82. The number of thiocarbonyl (C=S) groups is 1. The van der Waals surface area contributed by atoms with Gasteiger partial charge < -0.3 is 15.6 Å². The fourth-order valence-electron chi connectivity index (χ4n) is 1.01. The van der Waals surface area contributed by atoms with Gasteiger partial charge >= 0.3 is 0 Å². The highest BCUT2D eigenvalue weighted by atomic mass is 32.1. The van der Waals surface area contributed by atoms with Crippen LogP contribution in [-0.4, -0.2) is 23.3 Å². The van der Waals surface area contributed by atoms with Crippen molar-refractivity contribution in [2.24, 2.45) is 11.7 Å². The second-order valence-electron chi connectivity index (χ2n) is 3.49. The van der Waals surface area contributed by atoms with Gasteiger partial charge in [-0.25, -0.2) is 0 Å². The molecule has 0 heterocycles. The molecule has 1 rings (SSSR count). The number of nitrogens with two attached hydrogens (primary N) is 1. The number of hydrogen-bond acceptors (Lipinski definition) is 3. The van der Waals surface area contributed by atoms with Crippen LogP contribution in [0.25, 0.3) is 0 Å². The number of benzene rings is 1. The molecular formula is C11H15NO2S. The predicted molar refractivity (Wildman–Crippen MR) is 64.1 cm³/mol. The average Bonchev–Trinajstić information content (AvgIpc) is 2.26. The monoisotopic (exact) mass is 225 g/mol. The van der Waals surface area contributed by atoms with E-state index in [0.29, 0.717) is 11.6 Å². The van der Waals surface area contributed by atoms with E-state index in [-0.39, 0.29) is 12.5 Å². The minimum absolute atomic E-state index is 0.130. The van der Waals surface area contributed by atoms with Crippen LogP contribution in [0, 0.1) is 5.92 Å². The Labute approximate surface area is 94.9 Å². The largest absolute Gasteiger partial charge is 0.493 e. The molecule has 1 aromatic carbocycles. The van der Waals surface area contributed by atoms with Crippen LogP contribution in [0.2, 0.25) is 0 Å². The summed E-state index contributed by atoms with van der Waals surface area (Å²) in [4.78, 5) is 0.380. The lowest BCUT2D eigenvalue weighted by Gasteiger charge is -2.10. The van der Waals surface area contributed by atoms with E-state index in [1.807, 2.05) is 31.2 Å². The molecule has 82 valence electrons. The first kappa shape index (κ1) is 11.9. The molecule has 0 aliphatic heterocycles. The Balaban J connectivity index is 2.53. The molecule has 0 aliphatic rings. The fourth-order valence-corrected chi connectivity index (χ4v) is 1.14. The molecule has 0 saturated carbocycles. The predicted octanol–water partition coefficient (Wildman–Crippen LogP) is 1.33. The van der Waals surface area contributed by atoms with Gasteiger partial charge in [-0.15, -0.1) is 0 Å². The van der Waals surface area contributed by atoms with Gasteiger partial charge in [0.25, 0.3) is 0 Å². The number of aliphatic hydroxyl groups is 1. The molecule has 1 aromatic rings. The van der Waals surface area contributed by atoms with Gasteiger partial charge in [-0.3, -0.25) is 0 Å². The fraction of sp³-hybridized carbons (Fsp3) is 0.364. The van der Waals surface area contributed by atoms with Gasteiger partial charge in [0.1, 0.15) is 10.7 Å². The molecule has 0 spiro atoms. The molecule has 0 radical (unpaired) electrons. The number of hydrogen-bond donors (Lipinski definition) is 2. The van der Waals surface area contributed by atoms with Gasteiger partial charge in [0.2, 0.25) is 0 Å². The Morgan fingerprint density at radius 3 is 2.53 bits per heavy atom. The molecule has 0 bridgehead atoms. The van der Waals surface area contributed by atoms with E-state index >= 15 is 0 Å². The summed E-state index contributed by atoms with van der Waals surface area (Å²) >= 11 is 4.83. The number of aliphatic hydroxyl groups excluding tert-OH is 1. The van der Waals surface area contributed by atoms with Crippen LogP contribution in [0.15, 0.2) is 24.3 Å². The third kappa shape index (κ3) is 3.85. The van der Waals surface area contributed by atoms with Crippen molar-refractivity contribution in [3.05, 3.63) is 29.8 Å².